The molecule has 0 unspecified atom stereocenters. The van der Waals surface area contributed by atoms with Crippen molar-refractivity contribution < 1.29 is 14.3 Å². The molecule has 0 aliphatic heterocycles. The van der Waals surface area contributed by atoms with E-state index in [4.69, 9.17) is 9.47 Å². The molecule has 0 spiro atoms. The molecule has 4 aliphatic rings. The van der Waals surface area contributed by atoms with Gasteiger partial charge < -0.3 is 9.47 Å². The number of hydrogen-bond acceptors (Lipinski definition) is 3. The lowest BCUT2D eigenvalue weighted by atomic mass is 9.44. The van der Waals surface area contributed by atoms with Crippen LogP contribution in [0.4, 0.5) is 0 Å². The molecule has 2 aromatic carbocycles. The lowest BCUT2D eigenvalue weighted by Crippen LogP contribution is -2.58. The minimum Gasteiger partial charge on any atom is -0.374 e. The van der Waals surface area contributed by atoms with Crippen LogP contribution < -0.4 is 0 Å². The summed E-state index contributed by atoms with van der Waals surface area (Å²) in [6, 6.07) is 21.2. The quantitative estimate of drug-likeness (QED) is 0.369. The summed E-state index contributed by atoms with van der Waals surface area (Å²) in [5, 5.41) is 0. The van der Waals surface area contributed by atoms with E-state index in [-0.39, 0.29) is 23.0 Å². The second-order valence-corrected chi connectivity index (χ2v) is 13.0. The molecule has 0 radical (unpaired) electrons. The van der Waals surface area contributed by atoms with E-state index >= 15 is 0 Å². The maximum atomic E-state index is 13.1. The highest BCUT2D eigenvalue weighted by molar-refractivity contribution is 5.99. The molecular weight excluding hydrogens is 468 g/mol. The number of allylic oxidation sites excluding steroid dienone is 2. The third-order valence-electron chi connectivity index (χ3n) is 11.2. The first-order valence-corrected chi connectivity index (χ1v) is 14.9. The molecule has 8 atom stereocenters. The van der Waals surface area contributed by atoms with Crippen LogP contribution >= 0.6 is 0 Å². The zero-order chi connectivity index (χ0) is 26.3. The van der Waals surface area contributed by atoms with Crippen molar-refractivity contribution in [3.05, 3.63) is 83.4 Å². The predicted molar refractivity (Wildman–Crippen MR) is 151 cm³/mol. The smallest absolute Gasteiger partial charge is 0.159 e. The van der Waals surface area contributed by atoms with E-state index in [2.05, 4.69) is 87.5 Å². The largest absolute Gasteiger partial charge is 0.374 e. The van der Waals surface area contributed by atoms with Crippen LogP contribution in [0.3, 0.4) is 0 Å². The Labute approximate surface area is 229 Å². The van der Waals surface area contributed by atoms with Crippen LogP contribution in [0.25, 0.3) is 0 Å². The predicted octanol–water partition coefficient (Wildman–Crippen LogP) is 7.94. The highest BCUT2D eigenvalue weighted by Gasteiger charge is 2.62. The normalized spacial score (nSPS) is 39.4. The Balaban J connectivity index is 1.26. The van der Waals surface area contributed by atoms with Gasteiger partial charge in [0.2, 0.25) is 0 Å². The number of rotatable bonds is 6. The number of carbonyl (C=O) groups excluding carboxylic acids is 1. The van der Waals surface area contributed by atoms with Crippen LogP contribution in [0.1, 0.15) is 76.8 Å². The monoisotopic (exact) mass is 512 g/mol. The highest BCUT2D eigenvalue weighted by atomic mass is 16.5. The maximum Gasteiger partial charge on any atom is 0.159 e. The van der Waals surface area contributed by atoms with Crippen molar-refractivity contribution in [1.29, 1.82) is 0 Å². The van der Waals surface area contributed by atoms with Gasteiger partial charge in [-0.3, -0.25) is 4.79 Å². The van der Waals surface area contributed by atoms with Crippen molar-refractivity contribution in [3.63, 3.8) is 0 Å². The molecule has 0 amide bonds. The molecule has 0 aromatic heterocycles. The van der Waals surface area contributed by atoms with Crippen LogP contribution in [0.5, 0.6) is 0 Å². The molecule has 38 heavy (non-hydrogen) atoms. The van der Waals surface area contributed by atoms with Gasteiger partial charge in [-0.1, -0.05) is 80.6 Å². The summed E-state index contributed by atoms with van der Waals surface area (Å²) in [6.45, 7) is 8.36. The second kappa shape index (κ2) is 10.4. The Kier molecular flexibility index (Phi) is 7.12. The van der Waals surface area contributed by atoms with Gasteiger partial charge in [0.1, 0.15) is 0 Å². The zero-order valence-electron chi connectivity index (χ0n) is 23.4. The van der Waals surface area contributed by atoms with E-state index in [1.54, 1.807) is 0 Å². The summed E-state index contributed by atoms with van der Waals surface area (Å²) in [7, 11) is 0. The SMILES string of the molecule is C/C=C1/C(=O)C[C@H]2[C@@H]3C[C@@H](OCc4ccccc4)[C@H]4C[C@@H](OCc5ccccc5)CC[C@]4(C)[C@H]3CC[C@]12C. The maximum absolute atomic E-state index is 13.1. The van der Waals surface area contributed by atoms with Crippen molar-refractivity contribution in [1.82, 2.24) is 0 Å². The van der Waals surface area contributed by atoms with Crippen LogP contribution in [-0.2, 0) is 27.5 Å². The fourth-order valence-corrected chi connectivity index (χ4v) is 9.28. The Hall–Kier alpha value is -2.23. The number of benzene rings is 2. The van der Waals surface area contributed by atoms with Crippen molar-refractivity contribution in [2.45, 2.75) is 91.1 Å². The molecule has 0 heterocycles. The van der Waals surface area contributed by atoms with Gasteiger partial charge in [0.05, 0.1) is 25.4 Å². The average molecular weight is 513 g/mol. The van der Waals surface area contributed by atoms with Gasteiger partial charge in [-0.25, -0.2) is 0 Å². The standard InChI is InChI=1S/C35H44O3/c1-4-28-32(36)21-30-27-20-33(38-23-25-13-9-6-10-14-25)31-19-26(37-22-24-11-7-5-8-12-24)15-17-35(31,3)29(27)16-18-34(28,30)2/h4-14,26-27,29-31,33H,15-23H2,1-3H3/b28-4-/t26-,27+,29-,30-,31+,33+,34+,35+/m0/s1. The fourth-order valence-electron chi connectivity index (χ4n) is 9.28. The highest BCUT2D eigenvalue weighted by Crippen LogP contribution is 2.67. The van der Waals surface area contributed by atoms with Crippen LogP contribution in [-0.4, -0.2) is 18.0 Å². The summed E-state index contributed by atoms with van der Waals surface area (Å²) in [5.74, 6) is 2.56. The van der Waals surface area contributed by atoms with Gasteiger partial charge >= 0.3 is 0 Å². The molecule has 4 aliphatic carbocycles. The molecule has 6 rings (SSSR count). The van der Waals surface area contributed by atoms with Crippen LogP contribution in [0, 0.1) is 34.5 Å². The second-order valence-electron chi connectivity index (χ2n) is 13.0. The van der Waals surface area contributed by atoms with Gasteiger partial charge in [0.25, 0.3) is 0 Å². The molecule has 202 valence electrons. The van der Waals surface area contributed by atoms with Crippen molar-refractivity contribution in [2.75, 3.05) is 0 Å². The molecular formula is C35H44O3. The van der Waals surface area contributed by atoms with Crippen LogP contribution in [0.15, 0.2) is 72.3 Å². The zero-order valence-corrected chi connectivity index (χ0v) is 23.4. The van der Waals surface area contributed by atoms with Crippen molar-refractivity contribution >= 4 is 5.78 Å². The number of carbonyl (C=O) groups is 1. The third-order valence-corrected chi connectivity index (χ3v) is 11.2. The number of Topliss-reactive ketones (excluding diaryl/α,β-unsaturated/α-hetero) is 1. The fraction of sp³-hybridized carbons (Fsp3) is 0.571. The number of ketones is 1. The molecule has 3 nitrogen and oxygen atoms in total. The molecule has 3 heteroatoms. The first-order chi connectivity index (χ1) is 18.4. The lowest BCUT2D eigenvalue weighted by molar-refractivity contribution is -0.189. The minimum absolute atomic E-state index is 0.0379. The Bertz CT molecular complexity index is 1160. The Morgan fingerprint density at radius 1 is 0.816 bits per heavy atom. The third kappa shape index (κ3) is 4.50. The number of ether oxygens (including phenoxy) is 2. The van der Waals surface area contributed by atoms with Crippen molar-refractivity contribution in [2.24, 2.45) is 34.5 Å². The van der Waals surface area contributed by atoms with Gasteiger partial charge in [-0.2, -0.15) is 0 Å². The Morgan fingerprint density at radius 2 is 1.47 bits per heavy atom. The number of fused-ring (bicyclic) bond motifs is 5. The summed E-state index contributed by atoms with van der Waals surface area (Å²) in [6.07, 6.45) is 10.2. The lowest BCUT2D eigenvalue weighted by Gasteiger charge is -2.62. The minimum atomic E-state index is 0.0379. The van der Waals surface area contributed by atoms with E-state index in [0.29, 0.717) is 42.7 Å². The van der Waals surface area contributed by atoms with Crippen LogP contribution in [0.2, 0.25) is 0 Å². The van der Waals surface area contributed by atoms with Gasteiger partial charge in [0, 0.05) is 6.42 Å². The molecule has 0 bridgehead atoms. The molecule has 0 N–H and O–H groups in total. The van der Waals surface area contributed by atoms with E-state index in [0.717, 1.165) is 37.7 Å². The first kappa shape index (κ1) is 26.0. The van der Waals surface area contributed by atoms with E-state index < -0.39 is 0 Å². The summed E-state index contributed by atoms with van der Waals surface area (Å²) in [5.41, 5.74) is 3.87. The Morgan fingerprint density at radius 3 is 2.13 bits per heavy atom. The van der Waals surface area contributed by atoms with E-state index in [1.807, 2.05) is 0 Å². The molecule has 2 aromatic rings. The molecule has 0 saturated heterocycles. The van der Waals surface area contributed by atoms with E-state index in [1.165, 1.54) is 24.0 Å². The van der Waals surface area contributed by atoms with Crippen molar-refractivity contribution in [3.8, 4) is 0 Å². The first-order valence-electron chi connectivity index (χ1n) is 14.9. The number of hydrogen-bond donors (Lipinski definition) is 0. The van der Waals surface area contributed by atoms with Gasteiger partial charge in [0.15, 0.2) is 5.78 Å². The average Bonchev–Trinajstić information content (AvgIpc) is 3.21. The topological polar surface area (TPSA) is 35.5 Å². The summed E-state index contributed by atoms with van der Waals surface area (Å²) >= 11 is 0. The summed E-state index contributed by atoms with van der Waals surface area (Å²) < 4.78 is 13.4. The van der Waals surface area contributed by atoms with Gasteiger partial charge in [-0.15, -0.1) is 0 Å². The van der Waals surface area contributed by atoms with Gasteiger partial charge in [-0.05, 0) is 96.7 Å². The van der Waals surface area contributed by atoms with E-state index in [9.17, 15) is 4.79 Å². The summed E-state index contributed by atoms with van der Waals surface area (Å²) in [4.78, 5) is 13.1. The molecule has 4 saturated carbocycles. The molecule has 4 fully saturated rings.